The largest absolute Gasteiger partial charge is 0.381 e. The van der Waals surface area contributed by atoms with Gasteiger partial charge in [0.25, 0.3) is 0 Å². The molecule has 0 bridgehead atoms. The summed E-state index contributed by atoms with van der Waals surface area (Å²) in [6.45, 7) is 4.99. The summed E-state index contributed by atoms with van der Waals surface area (Å²) >= 11 is 0. The van der Waals surface area contributed by atoms with Gasteiger partial charge in [0.2, 0.25) is 0 Å². The molecule has 0 amide bonds. The van der Waals surface area contributed by atoms with Crippen molar-refractivity contribution in [1.29, 1.82) is 0 Å². The summed E-state index contributed by atoms with van der Waals surface area (Å²) in [7, 11) is 0. The van der Waals surface area contributed by atoms with E-state index in [1.165, 1.54) is 0 Å². The fraction of sp³-hybridized carbons (Fsp3) is 0.889. The Hall–Kier alpha value is -0.370. The van der Waals surface area contributed by atoms with Gasteiger partial charge in [-0.2, -0.15) is 0 Å². The Bertz CT molecular complexity index is 79.6. The molecule has 0 spiro atoms. The number of carbonyl (C=O) groups is 1. The van der Waals surface area contributed by atoms with Crippen LogP contribution in [-0.4, -0.2) is 19.0 Å². The van der Waals surface area contributed by atoms with Gasteiger partial charge in [-0.1, -0.05) is 21.8 Å². The van der Waals surface area contributed by atoms with Crippen LogP contribution in [-0.2, 0) is 9.53 Å². The lowest BCUT2D eigenvalue weighted by Gasteiger charge is -1.97. The van der Waals surface area contributed by atoms with Crippen molar-refractivity contribution < 1.29 is 9.53 Å². The Kier molecular flexibility index (Phi) is 19.0. The van der Waals surface area contributed by atoms with Crippen LogP contribution in [0.4, 0.5) is 0 Å². The van der Waals surface area contributed by atoms with Crippen molar-refractivity contribution in [3.63, 3.8) is 0 Å². The van der Waals surface area contributed by atoms with Gasteiger partial charge in [-0.3, -0.25) is 4.79 Å². The summed E-state index contributed by atoms with van der Waals surface area (Å²) in [4.78, 5) is 10.3. The molecule has 0 atom stereocenters. The fourth-order valence-electron chi connectivity index (χ4n) is 0.462. The summed E-state index contributed by atoms with van der Waals surface area (Å²) in [5, 5.41) is 0. The molecule has 0 fully saturated rings. The van der Waals surface area contributed by atoms with E-state index in [1.54, 1.807) is 6.92 Å². The molecule has 2 nitrogen and oxygen atoms in total. The van der Waals surface area contributed by atoms with Gasteiger partial charge in [0, 0.05) is 13.0 Å². The van der Waals surface area contributed by atoms with Gasteiger partial charge >= 0.3 is 0 Å². The molecule has 0 heterocycles. The summed E-state index contributed by atoms with van der Waals surface area (Å²) in [5.41, 5.74) is 0. The topological polar surface area (TPSA) is 26.3 Å². The quantitative estimate of drug-likeness (QED) is 0.581. The predicted molar refractivity (Wildman–Crippen MR) is 49.9 cm³/mol. The number of hydrogen-bond acceptors (Lipinski definition) is 2. The molecule has 0 rings (SSSR count). The molecule has 0 aromatic rings. The van der Waals surface area contributed by atoms with Crippen molar-refractivity contribution in [3.8, 4) is 0 Å². The third-order valence-electron chi connectivity index (χ3n) is 0.947. The number of ketones is 1. The molecular formula is C9H22O2. The Balaban J connectivity index is -0.000000320. The van der Waals surface area contributed by atoms with Gasteiger partial charge in [0.05, 0.1) is 6.61 Å². The average Bonchev–Trinajstić information content (AvgIpc) is 1.80. The van der Waals surface area contributed by atoms with E-state index in [-0.39, 0.29) is 20.6 Å². The zero-order valence-corrected chi connectivity index (χ0v) is 6.14. The van der Waals surface area contributed by atoms with Crippen LogP contribution in [0.5, 0.6) is 0 Å². The van der Waals surface area contributed by atoms with E-state index in [4.69, 9.17) is 4.74 Å². The first kappa shape index (κ1) is 16.9. The number of ether oxygens (including phenoxy) is 1. The second kappa shape index (κ2) is 12.3. The van der Waals surface area contributed by atoms with E-state index in [0.717, 1.165) is 13.0 Å². The molecule has 0 aliphatic carbocycles. The van der Waals surface area contributed by atoms with Crippen LogP contribution >= 0.6 is 0 Å². The Morgan fingerprint density at radius 3 is 2.18 bits per heavy atom. The highest BCUT2D eigenvalue weighted by Crippen LogP contribution is 1.85. The fourth-order valence-corrected chi connectivity index (χ4v) is 0.462. The van der Waals surface area contributed by atoms with Crippen LogP contribution in [0.25, 0.3) is 0 Å². The van der Waals surface area contributed by atoms with Crippen molar-refractivity contribution in [2.24, 2.45) is 0 Å². The minimum atomic E-state index is 0. The first-order chi connectivity index (χ1) is 4.27. The van der Waals surface area contributed by atoms with E-state index < -0.39 is 0 Å². The predicted octanol–water partition coefficient (Wildman–Crippen LogP) is 2.66. The Morgan fingerprint density at radius 1 is 1.27 bits per heavy atom. The lowest BCUT2D eigenvalue weighted by atomic mass is 10.3. The van der Waals surface area contributed by atoms with Crippen LogP contribution < -0.4 is 0 Å². The minimum Gasteiger partial charge on any atom is -0.381 e. The molecule has 70 valence electrons. The molecule has 0 aliphatic heterocycles. The van der Waals surface area contributed by atoms with Crippen molar-refractivity contribution in [1.82, 2.24) is 0 Å². The molecule has 0 unspecified atom stereocenters. The summed E-state index contributed by atoms with van der Waals surface area (Å²) in [6.07, 6.45) is 1.58. The van der Waals surface area contributed by atoms with Crippen LogP contribution in [0, 0.1) is 0 Å². The first-order valence-corrected chi connectivity index (χ1v) is 3.34. The normalized spacial score (nSPS) is 7.82. The highest BCUT2D eigenvalue weighted by Gasteiger charge is 1.90. The summed E-state index contributed by atoms with van der Waals surface area (Å²) in [5.74, 6) is 0.200. The molecule has 0 aromatic carbocycles. The van der Waals surface area contributed by atoms with E-state index >= 15 is 0 Å². The zero-order valence-electron chi connectivity index (χ0n) is 6.14. The highest BCUT2D eigenvalue weighted by atomic mass is 16.5. The lowest BCUT2D eigenvalue weighted by Crippen LogP contribution is -2.00. The maximum atomic E-state index is 10.3. The van der Waals surface area contributed by atoms with Crippen LogP contribution in [0.3, 0.4) is 0 Å². The van der Waals surface area contributed by atoms with Gasteiger partial charge in [0.15, 0.2) is 0 Å². The minimum absolute atomic E-state index is 0. The maximum Gasteiger partial charge on any atom is 0.132 e. The maximum absolute atomic E-state index is 10.3. The molecule has 11 heavy (non-hydrogen) atoms. The second-order valence-corrected chi connectivity index (χ2v) is 2.06. The number of carbonyl (C=O) groups excluding carboxylic acids is 1. The van der Waals surface area contributed by atoms with Crippen molar-refractivity contribution >= 4 is 5.78 Å². The second-order valence-electron chi connectivity index (χ2n) is 2.06. The van der Waals surface area contributed by atoms with Crippen LogP contribution in [0.15, 0.2) is 0 Å². The van der Waals surface area contributed by atoms with E-state index in [0.29, 0.717) is 13.0 Å². The summed E-state index contributed by atoms with van der Waals surface area (Å²) in [6, 6.07) is 0. The van der Waals surface area contributed by atoms with Crippen LogP contribution in [0.1, 0.15) is 41.5 Å². The monoisotopic (exact) mass is 162 g/mol. The number of Topliss-reactive ketones (excluding diaryl/α,β-unsaturated/α-hetero) is 1. The van der Waals surface area contributed by atoms with Crippen molar-refractivity contribution in [3.05, 3.63) is 0 Å². The molecule has 0 N–H and O–H groups in total. The summed E-state index contributed by atoms with van der Waals surface area (Å²) < 4.78 is 5.07. The van der Waals surface area contributed by atoms with Gasteiger partial charge in [-0.25, -0.2) is 0 Å². The smallest absolute Gasteiger partial charge is 0.132 e. The average molecular weight is 162 g/mol. The molecule has 0 radical (unpaired) electrons. The molecule has 2 heteroatoms. The molecule has 0 saturated heterocycles. The van der Waals surface area contributed by atoms with Crippen molar-refractivity contribution in [2.45, 2.75) is 41.5 Å². The van der Waals surface area contributed by atoms with Gasteiger partial charge in [-0.15, -0.1) is 0 Å². The van der Waals surface area contributed by atoms with E-state index in [9.17, 15) is 4.79 Å². The van der Waals surface area contributed by atoms with Crippen LogP contribution in [0.2, 0.25) is 0 Å². The third-order valence-corrected chi connectivity index (χ3v) is 0.947. The van der Waals surface area contributed by atoms with E-state index in [2.05, 4.69) is 0 Å². The Morgan fingerprint density at radius 2 is 1.82 bits per heavy atom. The Labute approximate surface area is 70.9 Å². The lowest BCUT2D eigenvalue weighted by molar-refractivity contribution is -0.118. The van der Waals surface area contributed by atoms with E-state index in [1.807, 2.05) is 6.92 Å². The first-order valence-electron chi connectivity index (χ1n) is 3.34. The van der Waals surface area contributed by atoms with Crippen molar-refractivity contribution in [2.75, 3.05) is 13.2 Å². The zero-order chi connectivity index (χ0) is 7.11. The van der Waals surface area contributed by atoms with Gasteiger partial charge < -0.3 is 4.74 Å². The third kappa shape index (κ3) is 17.7. The molecular weight excluding hydrogens is 140 g/mol. The van der Waals surface area contributed by atoms with Gasteiger partial charge in [-0.05, 0) is 13.3 Å². The SMILES string of the molecule is C.C.CCCOCCC(C)=O. The highest BCUT2D eigenvalue weighted by molar-refractivity contribution is 5.75. The molecule has 0 aromatic heterocycles. The number of rotatable bonds is 5. The standard InChI is InChI=1S/C7H14O2.2CH4/c1-3-5-9-6-4-7(2)8;;/h3-6H2,1-2H3;2*1H4. The number of hydrogen-bond donors (Lipinski definition) is 0. The van der Waals surface area contributed by atoms with Gasteiger partial charge in [0.1, 0.15) is 5.78 Å². The molecule has 0 saturated carbocycles. The molecule has 0 aliphatic rings.